The van der Waals surface area contributed by atoms with Crippen molar-refractivity contribution in [3.63, 3.8) is 0 Å². The molecule has 0 bridgehead atoms. The summed E-state index contributed by atoms with van der Waals surface area (Å²) in [4.78, 5) is 4.35. The first kappa shape index (κ1) is 13.2. The van der Waals surface area contributed by atoms with Crippen LogP contribution in [0.3, 0.4) is 0 Å². The first-order valence-corrected chi connectivity index (χ1v) is 14.8. The van der Waals surface area contributed by atoms with Crippen molar-refractivity contribution >= 4 is 25.7 Å². The third-order valence-corrected chi connectivity index (χ3v) is 28.1. The van der Waals surface area contributed by atoms with Gasteiger partial charge in [0.25, 0.3) is 0 Å². The van der Waals surface area contributed by atoms with E-state index >= 15 is 0 Å². The van der Waals surface area contributed by atoms with Gasteiger partial charge in [0.05, 0.1) is 0 Å². The van der Waals surface area contributed by atoms with E-state index in [0.29, 0.717) is 17.9 Å². The summed E-state index contributed by atoms with van der Waals surface area (Å²) in [5.74, 6) is 0. The molecule has 1 aromatic rings. The van der Waals surface area contributed by atoms with E-state index in [1.807, 2.05) is 6.20 Å². The molecule has 0 fully saturated rings. The van der Waals surface area contributed by atoms with Gasteiger partial charge < -0.3 is 0 Å². The topological polar surface area (TPSA) is 12.9 Å². The Morgan fingerprint density at radius 2 is 2.00 bits per heavy atom. The van der Waals surface area contributed by atoms with Gasteiger partial charge in [0.2, 0.25) is 0 Å². The molecule has 0 amide bonds. The van der Waals surface area contributed by atoms with Crippen LogP contribution in [0.2, 0.25) is 0 Å². The number of aromatic nitrogens is 1. The Balaban J connectivity index is 2.48. The van der Waals surface area contributed by atoms with Gasteiger partial charge in [-0.1, -0.05) is 0 Å². The minimum atomic E-state index is -0.847. The molecule has 0 unspecified atom stereocenters. The number of hydrogen-bond acceptors (Lipinski definition) is 3. The van der Waals surface area contributed by atoms with Gasteiger partial charge in [-0.15, -0.1) is 0 Å². The Morgan fingerprint density at radius 1 is 1.36 bits per heavy atom. The summed E-state index contributed by atoms with van der Waals surface area (Å²) in [6, 6.07) is 0. The minimum absolute atomic E-state index is 0.442. The summed E-state index contributed by atoms with van der Waals surface area (Å²) in [6.07, 6.45) is 6.29. The van der Waals surface area contributed by atoms with E-state index in [9.17, 15) is 0 Å². The van der Waals surface area contributed by atoms with Crippen molar-refractivity contribution in [2.75, 3.05) is 18.5 Å². The second-order valence-electron chi connectivity index (χ2n) is 3.05. The molecule has 1 heterocycles. The first-order chi connectivity index (χ1) is 6.76. The molecule has 0 saturated carbocycles. The van der Waals surface area contributed by atoms with Crippen molar-refractivity contribution in [2.45, 2.75) is 25.1 Å². The summed E-state index contributed by atoms with van der Waals surface area (Å²) in [7, 11) is 2.07. The summed E-state index contributed by atoms with van der Waals surface area (Å²) in [5.41, 5.74) is 0. The van der Waals surface area contributed by atoms with Gasteiger partial charge in [0, 0.05) is 0 Å². The molecule has 0 aromatic carbocycles. The van der Waals surface area contributed by atoms with Crippen LogP contribution in [0.1, 0.15) is 20.8 Å². The summed E-state index contributed by atoms with van der Waals surface area (Å²) in [5, 5.41) is 1.23. The maximum absolute atomic E-state index is 4.35. The Bertz CT molecular complexity index is 241. The van der Waals surface area contributed by atoms with Crippen LogP contribution in [-0.2, 0) is 17.9 Å². The van der Waals surface area contributed by atoms with Crippen LogP contribution in [-0.4, -0.2) is 23.5 Å². The molecule has 1 aromatic heterocycles. The molecule has 0 radical (unpaired) electrons. The van der Waals surface area contributed by atoms with Gasteiger partial charge in [-0.2, -0.15) is 0 Å². The van der Waals surface area contributed by atoms with Crippen molar-refractivity contribution < 1.29 is 17.9 Å². The van der Waals surface area contributed by atoms with Crippen LogP contribution in [0.25, 0.3) is 0 Å². The van der Waals surface area contributed by atoms with Crippen LogP contribution >= 0.6 is 25.7 Å². The molecule has 0 aliphatic rings. The zero-order valence-corrected chi connectivity index (χ0v) is 13.6. The molecule has 0 N–H and O–H groups in total. The monoisotopic (exact) mass is 432 g/mol. The molecular formula is C9H18AuNPS2. The molecule has 1 nitrogen and oxygen atoms in total. The van der Waals surface area contributed by atoms with Gasteiger partial charge in [0.15, 0.2) is 0 Å². The Morgan fingerprint density at radius 3 is 2.43 bits per heavy atom. The molecule has 1 rings (SSSR count). The van der Waals surface area contributed by atoms with E-state index < -0.39 is 5.15 Å². The Labute approximate surface area is 103 Å². The second kappa shape index (κ2) is 6.67. The number of thiazole rings is 1. The van der Waals surface area contributed by atoms with E-state index in [1.54, 1.807) is 11.3 Å². The average molecular weight is 432 g/mol. The third-order valence-electron chi connectivity index (χ3n) is 2.44. The average Bonchev–Trinajstić information content (AvgIpc) is 2.74. The predicted molar refractivity (Wildman–Crippen MR) is 67.9 cm³/mol. The van der Waals surface area contributed by atoms with E-state index in [0.717, 1.165) is 0 Å². The molecule has 0 spiro atoms. The van der Waals surface area contributed by atoms with Crippen molar-refractivity contribution in [3.05, 3.63) is 11.6 Å². The Kier molecular flexibility index (Phi) is 6.30. The maximum atomic E-state index is 4.35. The fourth-order valence-corrected chi connectivity index (χ4v) is 22.7. The van der Waals surface area contributed by atoms with E-state index in [2.05, 4.69) is 40.4 Å². The molecule has 0 atom stereocenters. The van der Waals surface area contributed by atoms with E-state index in [4.69, 9.17) is 0 Å². The summed E-state index contributed by atoms with van der Waals surface area (Å²) < 4.78 is 1.29. The van der Waals surface area contributed by atoms with Crippen LogP contribution in [0.15, 0.2) is 15.9 Å². The van der Waals surface area contributed by atoms with Crippen molar-refractivity contribution in [3.8, 4) is 0 Å². The van der Waals surface area contributed by atoms with Crippen molar-refractivity contribution in [2.24, 2.45) is 0 Å². The fourth-order valence-electron chi connectivity index (χ4n) is 1.21. The van der Waals surface area contributed by atoms with Gasteiger partial charge >= 0.3 is 104 Å². The molecule has 14 heavy (non-hydrogen) atoms. The second-order valence-corrected chi connectivity index (χ2v) is 21.7. The molecule has 0 aliphatic heterocycles. The van der Waals surface area contributed by atoms with Gasteiger partial charge in [-0.05, 0) is 0 Å². The number of hydrogen-bond donors (Lipinski definition) is 0. The summed E-state index contributed by atoms with van der Waals surface area (Å²) >= 11 is 2.24. The van der Waals surface area contributed by atoms with Crippen molar-refractivity contribution in [1.29, 1.82) is 0 Å². The van der Waals surface area contributed by atoms with Crippen LogP contribution in [0.5, 0.6) is 0 Å². The predicted octanol–water partition coefficient (Wildman–Crippen LogP) is 3.96. The molecular weight excluding hydrogens is 414 g/mol. The normalized spacial score (nSPS) is 13.4. The third kappa shape index (κ3) is 3.62. The van der Waals surface area contributed by atoms with Gasteiger partial charge in [-0.25, -0.2) is 0 Å². The van der Waals surface area contributed by atoms with E-state index in [1.165, 1.54) is 22.8 Å². The van der Waals surface area contributed by atoms with E-state index in [-0.39, 0.29) is 0 Å². The fraction of sp³-hybridized carbons (Fsp3) is 0.667. The van der Waals surface area contributed by atoms with Crippen LogP contribution in [0, 0.1) is 0 Å². The SMILES string of the molecule is CC[PH](CC)(CC)[Au][S]c1nccs1. The summed E-state index contributed by atoms with van der Waals surface area (Å²) in [6.45, 7) is 7.16. The zero-order chi connectivity index (χ0) is 10.4. The zero-order valence-electron chi connectivity index (χ0n) is 8.84. The van der Waals surface area contributed by atoms with Crippen LogP contribution in [0.4, 0.5) is 0 Å². The van der Waals surface area contributed by atoms with Crippen molar-refractivity contribution in [1.82, 2.24) is 4.98 Å². The van der Waals surface area contributed by atoms with Crippen LogP contribution < -0.4 is 0 Å². The quantitative estimate of drug-likeness (QED) is 0.499. The van der Waals surface area contributed by atoms with Gasteiger partial charge in [0.1, 0.15) is 0 Å². The molecule has 87 valence electrons. The standard InChI is InChI=1S/C6H15P.C3H3NS2.Au/c1-4-7(5-2)6-3;5-3-4-1-2-6-3;/h4-6H2,1-3H3;1-2H,(H,4,5);. The Hall–Kier alpha value is 1.15. The number of rotatable bonds is 6. The number of nitrogens with zero attached hydrogens (tertiary/aromatic N) is 1. The molecule has 0 aliphatic carbocycles. The first-order valence-electron chi connectivity index (χ1n) is 4.91. The molecule has 0 saturated heterocycles. The van der Waals surface area contributed by atoms with Gasteiger partial charge in [-0.3, -0.25) is 0 Å². The molecule has 5 heteroatoms.